The molecule has 120 valence electrons. The maximum atomic E-state index is 13.5. The third kappa shape index (κ3) is 3.13. The van der Waals surface area contributed by atoms with Crippen molar-refractivity contribution >= 4 is 38.5 Å². The summed E-state index contributed by atoms with van der Waals surface area (Å²) < 4.78 is 27.0. The first-order valence-electron chi connectivity index (χ1n) is 6.67. The molecule has 0 fully saturated rings. The molecular weight excluding hydrogens is 336 g/mol. The second-order valence-electron chi connectivity index (χ2n) is 4.80. The minimum absolute atomic E-state index is 0.114. The van der Waals surface area contributed by atoms with E-state index in [0.29, 0.717) is 15.5 Å². The first-order chi connectivity index (χ1) is 11.5. The van der Waals surface area contributed by atoms with Crippen LogP contribution >= 0.6 is 11.3 Å². The van der Waals surface area contributed by atoms with Crippen LogP contribution < -0.4 is 10.6 Å². The maximum Gasteiger partial charge on any atom is 0.325 e. The van der Waals surface area contributed by atoms with Gasteiger partial charge in [-0.25, -0.2) is 23.5 Å². The highest BCUT2D eigenvalue weighted by Gasteiger charge is 2.13. The van der Waals surface area contributed by atoms with Crippen molar-refractivity contribution < 1.29 is 13.6 Å². The molecule has 2 N–H and O–H groups in total. The van der Waals surface area contributed by atoms with Gasteiger partial charge in [0.25, 0.3) is 0 Å². The number of nitrogens with one attached hydrogen (secondary N) is 2. The van der Waals surface area contributed by atoms with Gasteiger partial charge in [-0.2, -0.15) is 5.26 Å². The second kappa shape index (κ2) is 6.17. The van der Waals surface area contributed by atoms with E-state index in [4.69, 9.17) is 5.26 Å². The van der Waals surface area contributed by atoms with Gasteiger partial charge in [0.1, 0.15) is 33.6 Å². The monoisotopic (exact) mass is 345 g/mol. The van der Waals surface area contributed by atoms with Crippen LogP contribution in [-0.2, 0) is 0 Å². The number of nitriles is 1. The zero-order valence-corrected chi connectivity index (χ0v) is 13.0. The molecule has 9 heteroatoms. The minimum atomic E-state index is -1.05. The largest absolute Gasteiger partial charge is 0.325 e. The van der Waals surface area contributed by atoms with E-state index in [9.17, 15) is 13.6 Å². The number of halogens is 2. The lowest BCUT2D eigenvalue weighted by Crippen LogP contribution is -2.19. The number of benzene rings is 1. The van der Waals surface area contributed by atoms with Crippen molar-refractivity contribution in [2.45, 2.75) is 6.92 Å². The molecular formula is C15H9F2N5OS. The van der Waals surface area contributed by atoms with E-state index >= 15 is 0 Å². The van der Waals surface area contributed by atoms with Crippen molar-refractivity contribution in [1.29, 1.82) is 5.26 Å². The number of thiazole rings is 1. The second-order valence-corrected chi connectivity index (χ2v) is 5.78. The summed E-state index contributed by atoms with van der Waals surface area (Å²) in [6.45, 7) is 1.84. The number of nitrogens with zero attached hydrogens (tertiary/aromatic N) is 3. The van der Waals surface area contributed by atoms with Gasteiger partial charge in [-0.1, -0.05) is 11.3 Å². The maximum absolute atomic E-state index is 13.5. The van der Waals surface area contributed by atoms with Gasteiger partial charge in [-0.3, -0.25) is 5.32 Å². The van der Waals surface area contributed by atoms with Gasteiger partial charge in [0, 0.05) is 11.4 Å². The number of urea groups is 1. The number of rotatable bonds is 2. The summed E-state index contributed by atoms with van der Waals surface area (Å²) in [5.74, 6) is -2.10. The number of hydrogen-bond acceptors (Lipinski definition) is 5. The molecule has 0 aliphatic heterocycles. The van der Waals surface area contributed by atoms with Crippen LogP contribution in [0.5, 0.6) is 0 Å². The predicted molar refractivity (Wildman–Crippen MR) is 85.9 cm³/mol. The van der Waals surface area contributed by atoms with Gasteiger partial charge in [0.15, 0.2) is 5.13 Å². The minimum Gasteiger partial charge on any atom is -0.307 e. The lowest BCUT2D eigenvalue weighted by atomic mass is 10.2. The smallest absolute Gasteiger partial charge is 0.307 e. The number of amides is 2. The van der Waals surface area contributed by atoms with Crippen LogP contribution in [0.1, 0.15) is 11.3 Å². The summed E-state index contributed by atoms with van der Waals surface area (Å²) in [4.78, 5) is 21.1. The summed E-state index contributed by atoms with van der Waals surface area (Å²) in [5, 5.41) is 13.7. The number of aryl methyl sites for hydroxylation is 1. The molecule has 1 aromatic carbocycles. The first kappa shape index (κ1) is 15.8. The van der Waals surface area contributed by atoms with Crippen LogP contribution in [0.15, 0.2) is 24.3 Å². The molecule has 0 bridgehead atoms. The number of pyridine rings is 1. The van der Waals surface area contributed by atoms with E-state index in [2.05, 4.69) is 20.6 Å². The Bertz CT molecular complexity index is 972. The Morgan fingerprint density at radius 2 is 1.92 bits per heavy atom. The quantitative estimate of drug-likeness (QED) is 0.739. The van der Waals surface area contributed by atoms with E-state index in [0.717, 1.165) is 17.8 Å². The van der Waals surface area contributed by atoms with Gasteiger partial charge in [0.2, 0.25) is 0 Å². The number of hydrogen-bond donors (Lipinski definition) is 2. The van der Waals surface area contributed by atoms with Crippen molar-refractivity contribution in [3.8, 4) is 6.07 Å². The summed E-state index contributed by atoms with van der Waals surface area (Å²) in [6.07, 6.45) is 0. The van der Waals surface area contributed by atoms with Crippen LogP contribution in [0.4, 0.5) is 24.4 Å². The Hall–Kier alpha value is -3.12. The molecule has 24 heavy (non-hydrogen) atoms. The standard InChI is InChI=1S/C15H9F2N5OS/c1-7-2-3-12-13(19-7)24-15(21-12)22-14(23)20-8-4-10(16)9(6-18)11(17)5-8/h2-5H,1H3,(H2,20,21,22,23). The van der Waals surface area contributed by atoms with Gasteiger partial charge in [0.05, 0.1) is 0 Å². The lowest BCUT2D eigenvalue weighted by molar-refractivity contribution is 0.262. The van der Waals surface area contributed by atoms with Crippen molar-refractivity contribution in [2.24, 2.45) is 0 Å². The number of fused-ring (bicyclic) bond motifs is 1. The third-order valence-corrected chi connectivity index (χ3v) is 3.91. The van der Waals surface area contributed by atoms with E-state index in [1.807, 2.05) is 6.92 Å². The van der Waals surface area contributed by atoms with Gasteiger partial charge >= 0.3 is 6.03 Å². The molecule has 0 saturated heterocycles. The summed E-state index contributed by atoms with van der Waals surface area (Å²) in [7, 11) is 0. The molecule has 2 aromatic heterocycles. The molecule has 3 aromatic rings. The van der Waals surface area contributed by atoms with Crippen LogP contribution in [0.25, 0.3) is 10.3 Å². The molecule has 3 rings (SSSR count). The van der Waals surface area contributed by atoms with Crippen molar-refractivity contribution in [2.75, 3.05) is 10.6 Å². The van der Waals surface area contributed by atoms with Crippen molar-refractivity contribution in [3.63, 3.8) is 0 Å². The molecule has 0 aliphatic rings. The van der Waals surface area contributed by atoms with E-state index in [-0.39, 0.29) is 5.69 Å². The van der Waals surface area contributed by atoms with E-state index in [1.165, 1.54) is 17.4 Å². The SMILES string of the molecule is Cc1ccc2nc(NC(=O)Nc3cc(F)c(C#N)c(F)c3)sc2n1. The fraction of sp³-hybridized carbons (Fsp3) is 0.0667. The molecule has 0 spiro atoms. The molecule has 0 aliphatic carbocycles. The Balaban J connectivity index is 1.76. The highest BCUT2D eigenvalue weighted by Crippen LogP contribution is 2.24. The Kier molecular flexibility index (Phi) is 4.05. The topological polar surface area (TPSA) is 90.7 Å². The molecule has 0 radical (unpaired) electrons. The fourth-order valence-electron chi connectivity index (χ4n) is 1.97. The van der Waals surface area contributed by atoms with Crippen LogP contribution in [-0.4, -0.2) is 16.0 Å². The zero-order valence-electron chi connectivity index (χ0n) is 12.2. The fourth-order valence-corrected chi connectivity index (χ4v) is 2.85. The highest BCUT2D eigenvalue weighted by atomic mass is 32.1. The molecule has 0 saturated carbocycles. The lowest BCUT2D eigenvalue weighted by Gasteiger charge is -2.06. The molecule has 0 unspecified atom stereocenters. The first-order valence-corrected chi connectivity index (χ1v) is 7.49. The highest BCUT2D eigenvalue weighted by molar-refractivity contribution is 7.21. The Morgan fingerprint density at radius 3 is 2.58 bits per heavy atom. The average Bonchev–Trinajstić information content (AvgIpc) is 2.87. The van der Waals surface area contributed by atoms with Gasteiger partial charge in [-0.05, 0) is 31.2 Å². The molecule has 2 amide bonds. The Morgan fingerprint density at radius 1 is 1.21 bits per heavy atom. The Labute approximate surface area is 138 Å². The van der Waals surface area contributed by atoms with Crippen molar-refractivity contribution in [3.05, 3.63) is 47.2 Å². The number of aromatic nitrogens is 2. The number of carbonyl (C=O) groups is 1. The molecule has 0 atom stereocenters. The van der Waals surface area contributed by atoms with Crippen LogP contribution in [0, 0.1) is 29.9 Å². The van der Waals surface area contributed by atoms with Crippen molar-refractivity contribution in [1.82, 2.24) is 9.97 Å². The van der Waals surface area contributed by atoms with Gasteiger partial charge < -0.3 is 5.32 Å². The zero-order chi connectivity index (χ0) is 17.3. The molecule has 6 nitrogen and oxygen atoms in total. The third-order valence-electron chi connectivity index (χ3n) is 3.03. The number of anilines is 2. The van der Waals surface area contributed by atoms with Crippen LogP contribution in [0.3, 0.4) is 0 Å². The normalized spacial score (nSPS) is 10.4. The number of carbonyl (C=O) groups excluding carboxylic acids is 1. The predicted octanol–water partition coefficient (Wildman–Crippen LogP) is 3.79. The van der Waals surface area contributed by atoms with Crippen LogP contribution in [0.2, 0.25) is 0 Å². The molecule has 2 heterocycles. The van der Waals surface area contributed by atoms with E-state index < -0.39 is 23.2 Å². The summed E-state index contributed by atoms with van der Waals surface area (Å²) >= 11 is 1.18. The van der Waals surface area contributed by atoms with E-state index in [1.54, 1.807) is 12.1 Å². The summed E-state index contributed by atoms with van der Waals surface area (Å²) in [6, 6.07) is 6.01. The van der Waals surface area contributed by atoms with Gasteiger partial charge in [-0.15, -0.1) is 0 Å². The summed E-state index contributed by atoms with van der Waals surface area (Å²) in [5.41, 5.74) is 0.646. The average molecular weight is 345 g/mol.